The van der Waals surface area contributed by atoms with Gasteiger partial charge in [-0.05, 0) is 12.1 Å². The van der Waals surface area contributed by atoms with E-state index in [-0.39, 0.29) is 5.75 Å². The third-order valence-corrected chi connectivity index (χ3v) is 4.61. The summed E-state index contributed by atoms with van der Waals surface area (Å²) in [4.78, 5) is 4.03. The molecule has 0 aliphatic heterocycles. The van der Waals surface area contributed by atoms with Crippen LogP contribution in [0.4, 0.5) is 0 Å². The molecule has 1 aromatic heterocycles. The molecule has 1 heterocycles. The average molecular weight is 313 g/mol. The number of hydrogen-bond acceptors (Lipinski definition) is 2. The van der Waals surface area contributed by atoms with Crippen molar-refractivity contribution < 1.29 is 5.11 Å². The summed E-state index contributed by atoms with van der Waals surface area (Å²) < 4.78 is 0. The number of fused-ring (bicyclic) bond motifs is 1. The van der Waals surface area contributed by atoms with Gasteiger partial charge < -0.3 is 5.11 Å². The lowest BCUT2D eigenvalue weighted by atomic mass is 10.0. The fourth-order valence-electron chi connectivity index (χ4n) is 3.21. The summed E-state index contributed by atoms with van der Waals surface area (Å²) in [5, 5.41) is 10.3. The molecule has 3 rings (SSSR count). The minimum Gasteiger partial charge on any atom is -0.506 e. The molecule has 1 fully saturated rings. The van der Waals surface area contributed by atoms with Crippen LogP contribution < -0.4 is 0 Å². The smallest absolute Gasteiger partial charge is 0.141 e. The summed E-state index contributed by atoms with van der Waals surface area (Å²) in [5.74, 6) is 0.239. The topological polar surface area (TPSA) is 33.1 Å². The third-order valence-electron chi connectivity index (χ3n) is 4.61. The Morgan fingerprint density at radius 3 is 1.48 bits per heavy atom. The van der Waals surface area contributed by atoms with E-state index in [1.807, 2.05) is 18.2 Å². The van der Waals surface area contributed by atoms with E-state index in [0.29, 0.717) is 5.52 Å². The maximum absolute atomic E-state index is 9.31. The highest BCUT2D eigenvalue weighted by atomic mass is 16.3. The molecule has 0 saturated heterocycles. The minimum atomic E-state index is 0.239. The molecular formula is C21H31NO. The number of phenols is 1. The Bertz CT molecular complexity index is 504. The average Bonchev–Trinajstić information content (AvgIpc) is 2.57. The van der Waals surface area contributed by atoms with E-state index in [4.69, 9.17) is 0 Å². The molecule has 1 saturated carbocycles. The normalized spacial score (nSPS) is 17.4. The van der Waals surface area contributed by atoms with Crippen LogP contribution in [0.2, 0.25) is 0 Å². The van der Waals surface area contributed by atoms with Crippen LogP contribution in [-0.4, -0.2) is 10.1 Å². The van der Waals surface area contributed by atoms with Crippen LogP contribution in [0.3, 0.4) is 0 Å². The summed E-state index contributed by atoms with van der Waals surface area (Å²) in [5.41, 5.74) is 0.662. The highest BCUT2D eigenvalue weighted by molar-refractivity contribution is 5.83. The largest absolute Gasteiger partial charge is 0.506 e. The number of aromatic hydroxyl groups is 1. The van der Waals surface area contributed by atoms with Crippen LogP contribution >= 0.6 is 0 Å². The van der Waals surface area contributed by atoms with Crippen molar-refractivity contribution in [2.24, 2.45) is 0 Å². The molecule has 0 amide bonds. The van der Waals surface area contributed by atoms with Crippen molar-refractivity contribution in [2.45, 2.75) is 77.0 Å². The first-order valence-electron chi connectivity index (χ1n) is 9.40. The quantitative estimate of drug-likeness (QED) is 0.592. The number of para-hydroxylation sites is 1. The van der Waals surface area contributed by atoms with Crippen LogP contribution in [-0.2, 0) is 0 Å². The Balaban J connectivity index is 0.000000167. The van der Waals surface area contributed by atoms with Crippen LogP contribution in [0.1, 0.15) is 77.0 Å². The maximum atomic E-state index is 9.31. The van der Waals surface area contributed by atoms with Gasteiger partial charge in [-0.3, -0.25) is 4.98 Å². The van der Waals surface area contributed by atoms with Gasteiger partial charge in [0.1, 0.15) is 11.3 Å². The Hall–Kier alpha value is -1.57. The summed E-state index contributed by atoms with van der Waals surface area (Å²) >= 11 is 0. The van der Waals surface area contributed by atoms with Crippen molar-refractivity contribution in [1.82, 2.24) is 4.98 Å². The Kier molecular flexibility index (Phi) is 8.53. The molecule has 126 valence electrons. The molecule has 23 heavy (non-hydrogen) atoms. The highest BCUT2D eigenvalue weighted by Crippen LogP contribution is 2.20. The molecular weight excluding hydrogens is 282 g/mol. The number of aromatic nitrogens is 1. The zero-order chi connectivity index (χ0) is 16.2. The van der Waals surface area contributed by atoms with Gasteiger partial charge in [0.2, 0.25) is 0 Å². The molecule has 1 aliphatic carbocycles. The summed E-state index contributed by atoms with van der Waals surface area (Å²) in [7, 11) is 0. The second-order valence-electron chi connectivity index (χ2n) is 6.59. The first-order valence-corrected chi connectivity index (χ1v) is 9.40. The third kappa shape index (κ3) is 7.02. The van der Waals surface area contributed by atoms with E-state index < -0.39 is 0 Å². The van der Waals surface area contributed by atoms with Crippen molar-refractivity contribution in [2.75, 3.05) is 0 Å². The van der Waals surface area contributed by atoms with Gasteiger partial charge in [0.05, 0.1) is 0 Å². The van der Waals surface area contributed by atoms with Crippen LogP contribution in [0.25, 0.3) is 10.9 Å². The fourth-order valence-corrected chi connectivity index (χ4v) is 3.21. The van der Waals surface area contributed by atoms with Gasteiger partial charge in [-0.25, -0.2) is 0 Å². The predicted octanol–water partition coefficient (Wildman–Crippen LogP) is 6.62. The zero-order valence-electron chi connectivity index (χ0n) is 14.3. The van der Waals surface area contributed by atoms with Crippen LogP contribution in [0, 0.1) is 0 Å². The van der Waals surface area contributed by atoms with Gasteiger partial charge in [-0.1, -0.05) is 95.2 Å². The van der Waals surface area contributed by atoms with Gasteiger partial charge in [0.15, 0.2) is 0 Å². The standard InChI is InChI=1S/C12H24.C9H7NO/c1-2-4-6-8-10-12-11-9-7-5-3-1;11-8-5-1-3-7-4-2-6-10-9(7)8/h1-12H2;1-6,11H. The van der Waals surface area contributed by atoms with Gasteiger partial charge in [0, 0.05) is 11.6 Å². The number of phenolic OH excluding ortho intramolecular Hbond substituents is 1. The van der Waals surface area contributed by atoms with Crippen molar-refractivity contribution >= 4 is 10.9 Å². The van der Waals surface area contributed by atoms with Gasteiger partial charge in [-0.2, -0.15) is 0 Å². The maximum Gasteiger partial charge on any atom is 0.141 e. The van der Waals surface area contributed by atoms with E-state index in [1.165, 1.54) is 77.0 Å². The Morgan fingerprint density at radius 1 is 0.609 bits per heavy atom. The lowest BCUT2D eigenvalue weighted by Crippen LogP contribution is -1.85. The van der Waals surface area contributed by atoms with Crippen molar-refractivity contribution in [3.05, 3.63) is 36.5 Å². The summed E-state index contributed by atoms with van der Waals surface area (Å²) in [6, 6.07) is 9.13. The van der Waals surface area contributed by atoms with Crippen LogP contribution in [0.15, 0.2) is 36.5 Å². The van der Waals surface area contributed by atoms with E-state index >= 15 is 0 Å². The van der Waals surface area contributed by atoms with Crippen molar-refractivity contribution in [3.8, 4) is 5.75 Å². The summed E-state index contributed by atoms with van der Waals surface area (Å²) in [6.45, 7) is 0. The lowest BCUT2D eigenvalue weighted by molar-refractivity contribution is 0.480. The van der Waals surface area contributed by atoms with Crippen molar-refractivity contribution in [1.29, 1.82) is 0 Å². The van der Waals surface area contributed by atoms with E-state index in [9.17, 15) is 5.11 Å². The Labute approximate surface area is 141 Å². The molecule has 0 atom stereocenters. The summed E-state index contributed by atoms with van der Waals surface area (Å²) in [6.07, 6.45) is 19.7. The van der Waals surface area contributed by atoms with Gasteiger partial charge >= 0.3 is 0 Å². The second-order valence-corrected chi connectivity index (χ2v) is 6.59. The minimum absolute atomic E-state index is 0.239. The number of rotatable bonds is 0. The van der Waals surface area contributed by atoms with Gasteiger partial charge in [0.25, 0.3) is 0 Å². The first kappa shape index (κ1) is 17.8. The van der Waals surface area contributed by atoms with E-state index in [0.717, 1.165) is 5.39 Å². The lowest BCUT2D eigenvalue weighted by Gasteiger charge is -2.05. The zero-order valence-corrected chi connectivity index (χ0v) is 14.3. The molecule has 0 radical (unpaired) electrons. The monoisotopic (exact) mass is 313 g/mol. The van der Waals surface area contributed by atoms with E-state index in [2.05, 4.69) is 4.98 Å². The number of pyridine rings is 1. The number of benzene rings is 1. The predicted molar refractivity (Wildman–Crippen MR) is 98.8 cm³/mol. The number of nitrogens with zero attached hydrogens (tertiary/aromatic N) is 1. The van der Waals surface area contributed by atoms with Crippen molar-refractivity contribution in [3.63, 3.8) is 0 Å². The molecule has 2 nitrogen and oxygen atoms in total. The molecule has 1 aromatic carbocycles. The molecule has 0 unspecified atom stereocenters. The van der Waals surface area contributed by atoms with Gasteiger partial charge in [-0.15, -0.1) is 0 Å². The highest BCUT2D eigenvalue weighted by Gasteiger charge is 1.97. The Morgan fingerprint density at radius 2 is 1.04 bits per heavy atom. The molecule has 0 spiro atoms. The first-order chi connectivity index (χ1) is 11.4. The SMILES string of the molecule is C1CCCCCCCCCCC1.Oc1cccc2cccnc12. The molecule has 0 bridgehead atoms. The molecule has 1 aliphatic rings. The van der Waals surface area contributed by atoms with E-state index in [1.54, 1.807) is 18.3 Å². The van der Waals surface area contributed by atoms with Crippen LogP contribution in [0.5, 0.6) is 5.75 Å². The second kappa shape index (κ2) is 11.0. The molecule has 2 heteroatoms. The number of hydrogen-bond donors (Lipinski definition) is 1. The molecule has 2 aromatic rings. The molecule has 1 N–H and O–H groups in total. The fraction of sp³-hybridized carbons (Fsp3) is 0.571.